The van der Waals surface area contributed by atoms with Crippen LogP contribution in [0, 0.1) is 0 Å². The van der Waals surface area contributed by atoms with Crippen LogP contribution in [0.3, 0.4) is 0 Å². The summed E-state index contributed by atoms with van der Waals surface area (Å²) in [4.78, 5) is 8.90. The Labute approximate surface area is 275 Å². The molecule has 2 unspecified atom stereocenters. The van der Waals surface area contributed by atoms with E-state index in [1.165, 1.54) is 0 Å². The first-order valence-corrected chi connectivity index (χ1v) is 15.8. The number of benzene rings is 4. The van der Waals surface area contributed by atoms with Crippen LogP contribution in [0.1, 0.15) is 25.0 Å². The van der Waals surface area contributed by atoms with Crippen LogP contribution in [0.2, 0.25) is 0 Å². The molecule has 8 heteroatoms. The number of aromatic nitrogens is 4. The fraction of sp³-hybridized carbons (Fsp3) is 0.231. The van der Waals surface area contributed by atoms with Crippen LogP contribution in [0.15, 0.2) is 134 Å². The molecule has 0 amide bonds. The Kier molecular flexibility index (Phi) is 9.80. The highest BCUT2D eigenvalue weighted by Gasteiger charge is 2.23. The number of aliphatic hydroxyl groups is 2. The molecule has 4 aromatic carbocycles. The van der Waals surface area contributed by atoms with Crippen LogP contribution < -0.4 is 9.47 Å². The second-order valence-corrected chi connectivity index (χ2v) is 12.1. The SMILES string of the molecule is CC(C)(c1ccc(OCC(O)Cn2ccnc2-c2ccccc2)cc1)c1ccc(OCC(O)Cn2ccnc2-c2ccccc2)cc1. The van der Waals surface area contributed by atoms with E-state index in [1.54, 1.807) is 12.4 Å². The maximum absolute atomic E-state index is 10.7. The molecule has 2 atom stereocenters. The molecule has 0 aliphatic rings. The summed E-state index contributed by atoms with van der Waals surface area (Å²) in [5, 5.41) is 21.4. The molecular formula is C39H40N4O4. The quantitative estimate of drug-likeness (QED) is 0.141. The van der Waals surface area contributed by atoms with E-state index in [1.807, 2.05) is 106 Å². The van der Waals surface area contributed by atoms with Gasteiger partial charge in [-0.3, -0.25) is 0 Å². The van der Waals surface area contributed by atoms with Crippen molar-refractivity contribution in [1.82, 2.24) is 19.1 Å². The molecule has 0 bridgehead atoms. The van der Waals surface area contributed by atoms with Crippen LogP contribution in [-0.2, 0) is 18.5 Å². The lowest BCUT2D eigenvalue weighted by Crippen LogP contribution is -2.24. The molecule has 0 aliphatic heterocycles. The lowest BCUT2D eigenvalue weighted by molar-refractivity contribution is 0.0928. The average molecular weight is 629 g/mol. The standard InChI is InChI=1S/C39H40N4O4/c1-39(2,31-13-17-35(18-14-31)46-27-33(44)25-42-23-21-40-37(42)29-9-5-3-6-10-29)32-15-19-36(20-16-32)47-28-34(45)26-43-24-22-41-38(43)30-11-7-4-8-12-30/h3-24,33-34,44-45H,25-28H2,1-2H3. The van der Waals surface area contributed by atoms with Gasteiger partial charge in [-0.05, 0) is 35.4 Å². The Balaban J connectivity index is 0.995. The third-order valence-electron chi connectivity index (χ3n) is 8.35. The van der Waals surface area contributed by atoms with Gasteiger partial charge in [-0.2, -0.15) is 0 Å². The van der Waals surface area contributed by atoms with Crippen molar-refractivity contribution in [2.24, 2.45) is 0 Å². The number of hydrogen-bond donors (Lipinski definition) is 2. The van der Waals surface area contributed by atoms with E-state index in [0.717, 1.165) is 33.9 Å². The smallest absolute Gasteiger partial charge is 0.139 e. The van der Waals surface area contributed by atoms with Gasteiger partial charge in [0.05, 0.1) is 13.1 Å². The maximum Gasteiger partial charge on any atom is 0.139 e. The van der Waals surface area contributed by atoms with Crippen LogP contribution in [0.25, 0.3) is 22.8 Å². The van der Waals surface area contributed by atoms with Crippen molar-refractivity contribution >= 4 is 0 Å². The van der Waals surface area contributed by atoms with Gasteiger partial charge in [0, 0.05) is 41.3 Å². The summed E-state index contributed by atoms with van der Waals surface area (Å²) in [5.74, 6) is 3.03. The number of rotatable bonds is 14. The van der Waals surface area contributed by atoms with Crippen molar-refractivity contribution < 1.29 is 19.7 Å². The first-order valence-electron chi connectivity index (χ1n) is 15.8. The fourth-order valence-electron chi connectivity index (χ4n) is 5.65. The van der Waals surface area contributed by atoms with Crippen molar-refractivity contribution in [2.45, 2.75) is 44.6 Å². The van der Waals surface area contributed by atoms with Crippen molar-refractivity contribution in [3.8, 4) is 34.3 Å². The van der Waals surface area contributed by atoms with E-state index >= 15 is 0 Å². The normalized spacial score (nSPS) is 12.9. The molecule has 2 heterocycles. The zero-order valence-corrected chi connectivity index (χ0v) is 26.7. The first-order chi connectivity index (χ1) is 22.9. The predicted molar refractivity (Wildman–Crippen MR) is 183 cm³/mol. The summed E-state index contributed by atoms with van der Waals surface area (Å²) in [6, 6.07) is 35.9. The molecular weight excluding hydrogens is 588 g/mol. The molecule has 2 N–H and O–H groups in total. The van der Waals surface area contributed by atoms with E-state index in [2.05, 4.69) is 48.1 Å². The summed E-state index contributed by atoms with van der Waals surface area (Å²) in [5.41, 5.74) is 4.01. The minimum Gasteiger partial charge on any atom is -0.491 e. The number of imidazole rings is 2. The molecule has 8 nitrogen and oxygen atoms in total. The van der Waals surface area contributed by atoms with Crippen molar-refractivity contribution in [3.05, 3.63) is 145 Å². The van der Waals surface area contributed by atoms with E-state index < -0.39 is 12.2 Å². The minimum absolute atomic E-state index is 0.168. The van der Waals surface area contributed by atoms with E-state index in [-0.39, 0.29) is 18.6 Å². The van der Waals surface area contributed by atoms with E-state index in [4.69, 9.17) is 9.47 Å². The molecule has 0 saturated carbocycles. The Bertz CT molecular complexity index is 1700. The van der Waals surface area contributed by atoms with Crippen LogP contribution in [0.5, 0.6) is 11.5 Å². The third-order valence-corrected chi connectivity index (χ3v) is 8.35. The molecule has 240 valence electrons. The summed E-state index contributed by atoms with van der Waals surface area (Å²) in [7, 11) is 0. The zero-order valence-electron chi connectivity index (χ0n) is 26.7. The minimum atomic E-state index is -0.692. The van der Waals surface area contributed by atoms with Gasteiger partial charge < -0.3 is 28.8 Å². The van der Waals surface area contributed by atoms with Crippen molar-refractivity contribution in [2.75, 3.05) is 13.2 Å². The topological polar surface area (TPSA) is 94.6 Å². The van der Waals surface area contributed by atoms with Gasteiger partial charge in [0.15, 0.2) is 0 Å². The van der Waals surface area contributed by atoms with E-state index in [9.17, 15) is 10.2 Å². The molecule has 6 aromatic rings. The molecule has 0 spiro atoms. The number of aliphatic hydroxyl groups excluding tert-OH is 2. The van der Waals surface area contributed by atoms with Crippen molar-refractivity contribution in [3.63, 3.8) is 0 Å². The van der Waals surface area contributed by atoms with Gasteiger partial charge in [-0.1, -0.05) is 98.8 Å². The van der Waals surface area contributed by atoms with Gasteiger partial charge in [0.1, 0.15) is 48.6 Å². The van der Waals surface area contributed by atoms with Crippen LogP contribution in [-0.4, -0.2) is 54.7 Å². The predicted octanol–water partition coefficient (Wildman–Crippen LogP) is 6.62. The zero-order chi connectivity index (χ0) is 32.6. The summed E-state index contributed by atoms with van der Waals surface area (Å²) < 4.78 is 15.7. The molecule has 0 radical (unpaired) electrons. The molecule has 6 rings (SSSR count). The highest BCUT2D eigenvalue weighted by molar-refractivity contribution is 5.56. The lowest BCUT2D eigenvalue weighted by atomic mass is 9.78. The lowest BCUT2D eigenvalue weighted by Gasteiger charge is -2.26. The second kappa shape index (κ2) is 14.5. The summed E-state index contributed by atoms with van der Waals surface area (Å²) in [6.45, 7) is 5.46. The highest BCUT2D eigenvalue weighted by Crippen LogP contribution is 2.33. The Morgan fingerprint density at radius 1 is 0.574 bits per heavy atom. The van der Waals surface area contributed by atoms with Gasteiger partial charge in [0.2, 0.25) is 0 Å². The fourth-order valence-corrected chi connectivity index (χ4v) is 5.65. The molecule has 0 saturated heterocycles. The van der Waals surface area contributed by atoms with Crippen LogP contribution >= 0.6 is 0 Å². The monoisotopic (exact) mass is 628 g/mol. The van der Waals surface area contributed by atoms with Gasteiger partial charge in [-0.15, -0.1) is 0 Å². The van der Waals surface area contributed by atoms with Crippen molar-refractivity contribution in [1.29, 1.82) is 0 Å². The molecule has 0 aliphatic carbocycles. The number of nitrogens with zero attached hydrogens (tertiary/aromatic N) is 4. The molecule has 0 fully saturated rings. The van der Waals surface area contributed by atoms with Gasteiger partial charge in [0.25, 0.3) is 0 Å². The number of ether oxygens (including phenoxy) is 2. The Hall–Kier alpha value is -5.18. The van der Waals surface area contributed by atoms with Gasteiger partial charge >= 0.3 is 0 Å². The van der Waals surface area contributed by atoms with E-state index in [0.29, 0.717) is 24.6 Å². The first kappa shape index (κ1) is 31.8. The Morgan fingerprint density at radius 3 is 1.34 bits per heavy atom. The largest absolute Gasteiger partial charge is 0.491 e. The van der Waals surface area contributed by atoms with Gasteiger partial charge in [-0.25, -0.2) is 9.97 Å². The average Bonchev–Trinajstić information content (AvgIpc) is 3.77. The Morgan fingerprint density at radius 2 is 0.957 bits per heavy atom. The molecule has 47 heavy (non-hydrogen) atoms. The summed E-state index contributed by atoms with van der Waals surface area (Å²) in [6.07, 6.45) is 5.84. The number of hydrogen-bond acceptors (Lipinski definition) is 6. The summed E-state index contributed by atoms with van der Waals surface area (Å²) >= 11 is 0. The second-order valence-electron chi connectivity index (χ2n) is 12.1. The molecule has 2 aromatic heterocycles. The third kappa shape index (κ3) is 7.80. The van der Waals surface area contributed by atoms with Crippen LogP contribution in [0.4, 0.5) is 0 Å². The highest BCUT2D eigenvalue weighted by atomic mass is 16.5. The maximum atomic E-state index is 10.7.